The summed E-state index contributed by atoms with van der Waals surface area (Å²) in [6.07, 6.45) is -8.98. The lowest BCUT2D eigenvalue weighted by molar-refractivity contribution is -0.0633. The number of hydrogen-bond acceptors (Lipinski definition) is 17. The predicted molar refractivity (Wildman–Crippen MR) is 151 cm³/mol. The van der Waals surface area contributed by atoms with Gasteiger partial charge < -0.3 is 50.2 Å². The smallest absolute Gasteiger partial charge is 0.397 e. The van der Waals surface area contributed by atoms with Gasteiger partial charge in [0.2, 0.25) is 5.95 Å². The molecule has 3 aliphatic heterocycles. The van der Waals surface area contributed by atoms with Gasteiger partial charge in [0, 0.05) is 6.20 Å². The summed E-state index contributed by atoms with van der Waals surface area (Å²) >= 11 is 0. The van der Waals surface area contributed by atoms with E-state index in [0.29, 0.717) is 11.2 Å². The molecule has 0 spiro atoms. The van der Waals surface area contributed by atoms with E-state index in [2.05, 4.69) is 24.9 Å². The molecule has 248 valence electrons. The number of nitrogens with two attached hydrogens (primary N) is 2. The predicted octanol–water partition coefficient (Wildman–Crippen LogP) is -1.69. The second kappa shape index (κ2) is 11.4. The number of nitrogens with one attached hydrogen (secondary N) is 1. The molecule has 24 heteroatoms. The minimum atomic E-state index is -5.08. The van der Waals surface area contributed by atoms with E-state index in [4.69, 9.17) is 39.2 Å². The van der Waals surface area contributed by atoms with Crippen LogP contribution < -0.4 is 17.0 Å². The summed E-state index contributed by atoms with van der Waals surface area (Å²) in [4.78, 5) is 52.3. The van der Waals surface area contributed by atoms with Gasteiger partial charge in [-0.1, -0.05) is 0 Å². The number of H-pyrrole nitrogens is 1. The van der Waals surface area contributed by atoms with Crippen LogP contribution in [0.1, 0.15) is 12.5 Å². The van der Waals surface area contributed by atoms with Crippen LogP contribution in [0.2, 0.25) is 0 Å². The fraction of sp³-hybridized carbons (Fsp3) is 0.500. The lowest BCUT2D eigenvalue weighted by atomic mass is 10.1. The van der Waals surface area contributed by atoms with Gasteiger partial charge in [0.25, 0.3) is 5.56 Å². The lowest BCUT2D eigenvalue weighted by Gasteiger charge is -2.26. The molecule has 4 aromatic rings. The van der Waals surface area contributed by atoms with Crippen LogP contribution in [0, 0.1) is 0 Å². The van der Waals surface area contributed by atoms with Crippen molar-refractivity contribution in [1.82, 2.24) is 34.1 Å². The number of phosphoric acid groups is 1. The Balaban J connectivity index is 1.20. The van der Waals surface area contributed by atoms with Gasteiger partial charge in [0.1, 0.15) is 48.5 Å². The number of aromatic nitrogens is 7. The average molecular weight is 687 g/mol. The Labute approximate surface area is 255 Å². The van der Waals surface area contributed by atoms with Crippen LogP contribution in [-0.2, 0) is 36.9 Å². The lowest BCUT2D eigenvalue weighted by Crippen LogP contribution is -2.38. The number of fused-ring (bicyclic) bond motifs is 5. The summed E-state index contributed by atoms with van der Waals surface area (Å²) in [5.41, 5.74) is 11.5. The van der Waals surface area contributed by atoms with Crippen LogP contribution in [0.5, 0.6) is 0 Å². The maximum Gasteiger partial charge on any atom is 0.472 e. The zero-order valence-corrected chi connectivity index (χ0v) is 25.0. The first kappa shape index (κ1) is 31.2. The van der Waals surface area contributed by atoms with E-state index in [1.165, 1.54) is 23.2 Å². The molecule has 46 heavy (non-hydrogen) atoms. The number of nitrogen functional groups attached to an aromatic ring is 2. The minimum absolute atomic E-state index is 0.119. The molecular formula is C22H27N9O13P2. The first-order valence-electron chi connectivity index (χ1n) is 13.5. The van der Waals surface area contributed by atoms with Crippen molar-refractivity contribution in [3.05, 3.63) is 35.3 Å². The van der Waals surface area contributed by atoms with Crippen LogP contribution in [0.3, 0.4) is 0 Å². The number of phosphoric ester groups is 1. The minimum Gasteiger partial charge on any atom is -0.397 e. The third-order valence-corrected chi connectivity index (χ3v) is 9.65. The number of aliphatic hydroxyl groups is 2. The van der Waals surface area contributed by atoms with Gasteiger partial charge in [-0.2, -0.15) is 4.98 Å². The van der Waals surface area contributed by atoms with E-state index in [0.717, 1.165) is 10.9 Å². The van der Waals surface area contributed by atoms with Gasteiger partial charge in [0.05, 0.1) is 31.6 Å². The number of aromatic amines is 1. The fourth-order valence-electron chi connectivity index (χ4n) is 5.51. The number of ether oxygens (including phenoxy) is 3. The largest absolute Gasteiger partial charge is 0.472 e. The molecule has 0 radical (unpaired) electrons. The van der Waals surface area contributed by atoms with Crippen molar-refractivity contribution in [2.24, 2.45) is 0 Å². The van der Waals surface area contributed by atoms with E-state index in [1.54, 1.807) is 0 Å². The highest BCUT2D eigenvalue weighted by atomic mass is 31.2. The highest BCUT2D eigenvalue weighted by Crippen LogP contribution is 2.52. The highest BCUT2D eigenvalue weighted by molar-refractivity contribution is 7.52. The Morgan fingerprint density at radius 3 is 2.37 bits per heavy atom. The Morgan fingerprint density at radius 2 is 1.59 bits per heavy atom. The molecule has 3 fully saturated rings. The summed E-state index contributed by atoms with van der Waals surface area (Å²) in [5.74, 6) is -0.277. The number of nitrogens with zero attached hydrogens (tertiary/aromatic N) is 6. The topological polar surface area (TPSA) is 317 Å². The number of imidazole rings is 2. The van der Waals surface area contributed by atoms with Gasteiger partial charge in [-0.15, -0.1) is 0 Å². The summed E-state index contributed by atoms with van der Waals surface area (Å²) in [6, 6.07) is 1.53. The van der Waals surface area contributed by atoms with Gasteiger partial charge in [-0.25, -0.2) is 19.5 Å². The van der Waals surface area contributed by atoms with Crippen molar-refractivity contribution in [3.8, 4) is 0 Å². The summed E-state index contributed by atoms with van der Waals surface area (Å²) in [5, 5.41) is 22.3. The van der Waals surface area contributed by atoms with Gasteiger partial charge in [-0.3, -0.25) is 32.5 Å². The summed E-state index contributed by atoms with van der Waals surface area (Å²) in [7, 11) is -9.67. The van der Waals surface area contributed by atoms with Crippen LogP contribution >= 0.6 is 15.4 Å². The molecule has 22 nitrogen and oxygen atoms in total. The molecule has 10 atom stereocenters. The fourth-order valence-corrected chi connectivity index (χ4v) is 7.26. The third-order valence-electron chi connectivity index (χ3n) is 7.64. The maximum absolute atomic E-state index is 13.3. The van der Waals surface area contributed by atoms with Gasteiger partial charge in [0.15, 0.2) is 29.3 Å². The van der Waals surface area contributed by atoms with Crippen LogP contribution in [-0.4, -0.2) is 110 Å². The highest BCUT2D eigenvalue weighted by Gasteiger charge is 2.52. The standard InChI is InChI=1S/C22H27N9O13P2/c23-8-1-2-25-17-11(8)26-5-30(17)20-14(33)15-10(43-20)4-41-46(37,38)44-16-13(32)9(3-40-45(35,36)7-39-15)42-21(16)31-6-27-12-18(31)28-22(24)29-19(12)34/h1-2,5-6,9-10,13-16,20-21,32-33H,3-4,7H2,(H2,23,25)(H,35,36)(H,37,38)(H3,24,28,29,34)/t9-,10-,13+,14?,15+,16?,20-,21-/m1/s1. The SMILES string of the molecule is Nc1nc2c(ncn2[C@@H]2O[C@@H]3COP(=O)(O)CO[C@@H]4C(O)[C@H](n5cnc6c(N)ccnc65)O[C@@H]4COP(=O)(O)OC2[C@H]3O)c(=O)[nH]1. The van der Waals surface area contributed by atoms with Crippen LogP contribution in [0.4, 0.5) is 11.6 Å². The van der Waals surface area contributed by atoms with Crippen molar-refractivity contribution in [2.45, 2.75) is 49.1 Å². The number of pyridine rings is 1. The molecule has 4 aromatic heterocycles. The first-order valence-corrected chi connectivity index (χ1v) is 16.8. The van der Waals surface area contributed by atoms with Crippen LogP contribution in [0.15, 0.2) is 29.7 Å². The first-order chi connectivity index (χ1) is 21.8. The van der Waals surface area contributed by atoms with Crippen molar-refractivity contribution in [1.29, 1.82) is 0 Å². The van der Waals surface area contributed by atoms with Crippen LogP contribution in [0.25, 0.3) is 22.3 Å². The number of rotatable bonds is 2. The third kappa shape index (κ3) is 5.51. The number of anilines is 2. The molecule has 3 saturated heterocycles. The number of hydrogen-bond donors (Lipinski definition) is 7. The summed E-state index contributed by atoms with van der Waals surface area (Å²) < 4.78 is 61.8. The molecule has 0 aliphatic carbocycles. The normalized spacial score (nSPS) is 37.4. The zero-order chi connectivity index (χ0) is 32.5. The molecule has 7 heterocycles. The zero-order valence-electron chi connectivity index (χ0n) is 23.2. The van der Waals surface area contributed by atoms with E-state index < -0.39 is 89.6 Å². The van der Waals surface area contributed by atoms with E-state index in [-0.39, 0.29) is 22.8 Å². The average Bonchev–Trinajstić information content (AvgIpc) is 3.75. The van der Waals surface area contributed by atoms with Crippen molar-refractivity contribution in [3.63, 3.8) is 0 Å². The van der Waals surface area contributed by atoms with E-state index in [9.17, 15) is 33.9 Å². The van der Waals surface area contributed by atoms with Crippen molar-refractivity contribution in [2.75, 3.05) is 31.0 Å². The maximum atomic E-state index is 13.3. The summed E-state index contributed by atoms with van der Waals surface area (Å²) in [6.45, 7) is -1.47. The van der Waals surface area contributed by atoms with Crippen molar-refractivity contribution < 1.29 is 56.9 Å². The Morgan fingerprint density at radius 1 is 0.891 bits per heavy atom. The van der Waals surface area contributed by atoms with E-state index in [1.807, 2.05) is 0 Å². The molecule has 0 amide bonds. The molecule has 4 unspecified atom stereocenters. The quantitative estimate of drug-likeness (QED) is 0.116. The Kier molecular flexibility index (Phi) is 7.74. The van der Waals surface area contributed by atoms with Gasteiger partial charge in [-0.05, 0) is 6.07 Å². The monoisotopic (exact) mass is 687 g/mol. The molecule has 7 rings (SSSR count). The Bertz CT molecular complexity index is 1950. The van der Waals surface area contributed by atoms with Crippen molar-refractivity contribution >= 4 is 49.4 Å². The van der Waals surface area contributed by atoms with Gasteiger partial charge >= 0.3 is 15.4 Å². The molecule has 0 aromatic carbocycles. The molecule has 3 aliphatic rings. The second-order valence-corrected chi connectivity index (χ2v) is 13.8. The second-order valence-electron chi connectivity index (χ2n) is 10.6. The molecule has 2 bridgehead atoms. The number of aliphatic hydroxyl groups excluding tert-OH is 2. The molecular weight excluding hydrogens is 660 g/mol. The Hall–Kier alpha value is -3.37. The molecule has 0 saturated carbocycles. The van der Waals surface area contributed by atoms with E-state index >= 15 is 0 Å². The molecule has 9 N–H and O–H groups in total.